The highest BCUT2D eigenvalue weighted by Crippen LogP contribution is 2.21. The van der Waals surface area contributed by atoms with E-state index in [0.29, 0.717) is 12.8 Å². The summed E-state index contributed by atoms with van der Waals surface area (Å²) in [5.41, 5.74) is 1.64. The van der Waals surface area contributed by atoms with Crippen LogP contribution in [0.25, 0.3) is 0 Å². The Morgan fingerprint density at radius 1 is 1.48 bits per heavy atom. The number of nitrogens with zero attached hydrogens (tertiary/aromatic N) is 1. The van der Waals surface area contributed by atoms with Crippen molar-refractivity contribution in [1.29, 1.82) is 0 Å². The zero-order valence-electron chi connectivity index (χ0n) is 12.2. The number of rotatable bonds is 3. The normalized spacial score (nSPS) is 16.7. The van der Waals surface area contributed by atoms with E-state index in [-0.39, 0.29) is 34.5 Å². The minimum atomic E-state index is -0.489. The van der Waals surface area contributed by atoms with Crippen molar-refractivity contribution in [3.8, 4) is 0 Å². The van der Waals surface area contributed by atoms with Crippen LogP contribution in [-0.4, -0.2) is 22.1 Å². The molecule has 1 aliphatic carbocycles. The highest BCUT2D eigenvalue weighted by atomic mass is 35.5. The Morgan fingerprint density at radius 3 is 3.09 bits per heavy atom. The minimum Gasteiger partial charge on any atom is -0.353 e. The number of nitrogens with one attached hydrogen (secondary N) is 2. The van der Waals surface area contributed by atoms with E-state index in [1.165, 1.54) is 18.2 Å². The number of amides is 1. The number of carbonyl (C=O) groups excluding carboxylic acids is 1. The Labute approximate surface area is 136 Å². The Hall–Kier alpha value is -2.21. The molecular weight excluding hydrogens is 321 g/mol. The smallest absolute Gasteiger partial charge is 0.264 e. The summed E-state index contributed by atoms with van der Waals surface area (Å²) < 4.78 is 13.7. The van der Waals surface area contributed by atoms with Gasteiger partial charge in [0, 0.05) is 22.7 Å². The van der Waals surface area contributed by atoms with Gasteiger partial charge in [-0.2, -0.15) is 5.10 Å². The number of hydrogen-bond acceptors (Lipinski definition) is 3. The molecule has 3 rings (SSSR count). The van der Waals surface area contributed by atoms with E-state index in [9.17, 15) is 14.0 Å². The van der Waals surface area contributed by atoms with Gasteiger partial charge in [-0.1, -0.05) is 17.7 Å². The third kappa shape index (κ3) is 3.59. The van der Waals surface area contributed by atoms with Gasteiger partial charge in [-0.25, -0.2) is 9.49 Å². The monoisotopic (exact) mass is 335 g/mol. The van der Waals surface area contributed by atoms with Gasteiger partial charge in [-0.3, -0.25) is 9.59 Å². The highest BCUT2D eigenvalue weighted by Gasteiger charge is 2.22. The Kier molecular flexibility index (Phi) is 4.43. The summed E-state index contributed by atoms with van der Waals surface area (Å²) >= 11 is 5.93. The van der Waals surface area contributed by atoms with Gasteiger partial charge in [-0.05, 0) is 37.0 Å². The van der Waals surface area contributed by atoms with Gasteiger partial charge in [0.05, 0.1) is 12.1 Å². The van der Waals surface area contributed by atoms with Gasteiger partial charge in [-0.15, -0.1) is 0 Å². The summed E-state index contributed by atoms with van der Waals surface area (Å²) in [5, 5.41) is 9.54. The fraction of sp³-hybridized carbons (Fsp3) is 0.312. The van der Waals surface area contributed by atoms with Gasteiger partial charge in [0.25, 0.3) is 5.56 Å². The molecular formula is C16H15ClFN3O2. The van der Waals surface area contributed by atoms with E-state index < -0.39 is 5.82 Å². The predicted octanol–water partition coefficient (Wildman–Crippen LogP) is 1.78. The first kappa shape index (κ1) is 15.7. The number of aryl methyl sites for hydroxylation is 1. The molecule has 2 aromatic rings. The van der Waals surface area contributed by atoms with Crippen molar-refractivity contribution in [3.05, 3.63) is 62.3 Å². The molecule has 0 saturated carbocycles. The number of aromatic nitrogens is 2. The first-order chi connectivity index (χ1) is 11.0. The van der Waals surface area contributed by atoms with Crippen LogP contribution in [0.15, 0.2) is 29.1 Å². The molecule has 23 heavy (non-hydrogen) atoms. The Balaban J connectivity index is 1.66. The standard InChI is InChI=1S/C16H15ClFN3O2/c17-12-2-1-3-13(18)11(12)8-15(22)19-10-4-5-14-9(6-10)7-16(23)21-20-14/h1-3,7,10H,4-6,8H2,(H,19,22)(H,21,23)/t10-/m0/s1. The van der Waals surface area contributed by atoms with Gasteiger partial charge in [0.15, 0.2) is 0 Å². The number of aromatic amines is 1. The lowest BCUT2D eigenvalue weighted by molar-refractivity contribution is -0.121. The van der Waals surface area contributed by atoms with E-state index in [4.69, 9.17) is 11.6 Å². The molecule has 7 heteroatoms. The topological polar surface area (TPSA) is 74.8 Å². The SMILES string of the molecule is O=C(Cc1c(F)cccc1Cl)N[C@H]1CCc2n[nH]c(=O)cc2C1. The van der Waals surface area contributed by atoms with Gasteiger partial charge in [0.1, 0.15) is 5.82 Å². The molecule has 1 aromatic heterocycles. The maximum atomic E-state index is 13.7. The second-order valence-electron chi connectivity index (χ2n) is 5.59. The molecule has 2 N–H and O–H groups in total. The second-order valence-corrected chi connectivity index (χ2v) is 6.00. The molecule has 120 valence electrons. The summed E-state index contributed by atoms with van der Waals surface area (Å²) in [4.78, 5) is 23.5. The Bertz CT molecular complexity index is 786. The molecule has 0 aliphatic heterocycles. The summed E-state index contributed by atoms with van der Waals surface area (Å²) in [5.74, 6) is -0.777. The molecule has 0 radical (unpaired) electrons. The number of H-pyrrole nitrogens is 1. The van der Waals surface area contributed by atoms with Crippen LogP contribution in [0.2, 0.25) is 5.02 Å². The van der Waals surface area contributed by atoms with Crippen molar-refractivity contribution in [3.63, 3.8) is 0 Å². The lowest BCUT2D eigenvalue weighted by Gasteiger charge is -2.24. The van der Waals surface area contributed by atoms with Gasteiger partial charge in [0.2, 0.25) is 5.91 Å². The molecule has 0 spiro atoms. The van der Waals surface area contributed by atoms with Crippen molar-refractivity contribution in [2.24, 2.45) is 0 Å². The van der Waals surface area contributed by atoms with Crippen molar-refractivity contribution in [2.45, 2.75) is 31.7 Å². The molecule has 1 heterocycles. The molecule has 1 aliphatic rings. The lowest BCUT2D eigenvalue weighted by Crippen LogP contribution is -2.40. The van der Waals surface area contributed by atoms with Crippen LogP contribution in [-0.2, 0) is 24.1 Å². The van der Waals surface area contributed by atoms with Crippen molar-refractivity contribution >= 4 is 17.5 Å². The van der Waals surface area contributed by atoms with E-state index in [2.05, 4.69) is 15.5 Å². The summed E-state index contributed by atoms with van der Waals surface area (Å²) in [7, 11) is 0. The van der Waals surface area contributed by atoms with Crippen LogP contribution >= 0.6 is 11.6 Å². The first-order valence-corrected chi connectivity index (χ1v) is 7.70. The van der Waals surface area contributed by atoms with Crippen molar-refractivity contribution < 1.29 is 9.18 Å². The summed E-state index contributed by atoms with van der Waals surface area (Å²) in [6, 6.07) is 5.76. The molecule has 1 aromatic carbocycles. The largest absolute Gasteiger partial charge is 0.353 e. The summed E-state index contributed by atoms with van der Waals surface area (Å²) in [6.07, 6.45) is 1.84. The quantitative estimate of drug-likeness (QED) is 0.897. The number of carbonyl (C=O) groups is 1. The van der Waals surface area contributed by atoms with Crippen LogP contribution in [0.4, 0.5) is 4.39 Å². The van der Waals surface area contributed by atoms with Gasteiger partial charge >= 0.3 is 0 Å². The van der Waals surface area contributed by atoms with E-state index >= 15 is 0 Å². The molecule has 0 saturated heterocycles. The minimum absolute atomic E-state index is 0.0934. The molecule has 1 atom stereocenters. The zero-order valence-corrected chi connectivity index (χ0v) is 13.0. The predicted molar refractivity (Wildman–Crippen MR) is 83.9 cm³/mol. The van der Waals surface area contributed by atoms with Gasteiger partial charge < -0.3 is 5.32 Å². The van der Waals surface area contributed by atoms with E-state index in [1.54, 1.807) is 6.07 Å². The molecule has 0 fully saturated rings. The average Bonchev–Trinajstić information content (AvgIpc) is 2.50. The highest BCUT2D eigenvalue weighted by molar-refractivity contribution is 6.31. The van der Waals surface area contributed by atoms with Crippen LogP contribution in [0.5, 0.6) is 0 Å². The molecule has 0 unspecified atom stereocenters. The van der Waals surface area contributed by atoms with Crippen molar-refractivity contribution in [2.75, 3.05) is 0 Å². The average molecular weight is 336 g/mol. The maximum absolute atomic E-state index is 13.7. The summed E-state index contributed by atoms with van der Waals surface area (Å²) in [6.45, 7) is 0. The molecule has 1 amide bonds. The molecule has 5 nitrogen and oxygen atoms in total. The maximum Gasteiger partial charge on any atom is 0.264 e. The molecule has 0 bridgehead atoms. The zero-order chi connectivity index (χ0) is 16.4. The fourth-order valence-corrected chi connectivity index (χ4v) is 3.03. The van der Waals surface area contributed by atoms with Crippen LogP contribution in [0.3, 0.4) is 0 Å². The fourth-order valence-electron chi connectivity index (χ4n) is 2.80. The van der Waals surface area contributed by atoms with E-state index in [1.807, 2.05) is 0 Å². The third-order valence-corrected chi connectivity index (χ3v) is 4.29. The van der Waals surface area contributed by atoms with Crippen LogP contribution in [0.1, 0.15) is 23.2 Å². The second kappa shape index (κ2) is 6.50. The number of hydrogen-bond donors (Lipinski definition) is 2. The Morgan fingerprint density at radius 2 is 2.30 bits per heavy atom. The lowest BCUT2D eigenvalue weighted by atomic mass is 9.92. The van der Waals surface area contributed by atoms with E-state index in [0.717, 1.165) is 17.7 Å². The number of benzene rings is 1. The third-order valence-electron chi connectivity index (χ3n) is 3.94. The first-order valence-electron chi connectivity index (χ1n) is 7.32. The van der Waals surface area contributed by atoms with Crippen LogP contribution in [0, 0.1) is 5.82 Å². The van der Waals surface area contributed by atoms with Crippen LogP contribution < -0.4 is 10.9 Å². The number of fused-ring (bicyclic) bond motifs is 1. The number of halogens is 2. The van der Waals surface area contributed by atoms with Crippen molar-refractivity contribution in [1.82, 2.24) is 15.5 Å².